The van der Waals surface area contributed by atoms with Gasteiger partial charge in [0.2, 0.25) is 5.88 Å². The minimum atomic E-state index is -0.181. The van der Waals surface area contributed by atoms with Crippen LogP contribution in [0.25, 0.3) is 10.8 Å². The number of hydrogen-bond donors (Lipinski definition) is 0. The van der Waals surface area contributed by atoms with Crippen molar-refractivity contribution in [2.75, 3.05) is 9.80 Å². The fourth-order valence-corrected chi connectivity index (χ4v) is 5.34. The molecule has 4 aromatic rings. The van der Waals surface area contributed by atoms with Crippen LogP contribution in [0.15, 0.2) is 108 Å². The Morgan fingerprint density at radius 1 is 0.719 bits per heavy atom. The first-order valence-corrected chi connectivity index (χ1v) is 11.4. The predicted molar refractivity (Wildman–Crippen MR) is 134 cm³/mol. The molecule has 0 N–H and O–H groups in total. The number of fused-ring (bicyclic) bond motifs is 3. The Bertz CT molecular complexity index is 1420. The minimum Gasteiger partial charge on any atom is -0.436 e. The molecule has 154 valence electrons. The number of hydrogen-bond acceptors (Lipinski definition) is 5. The van der Waals surface area contributed by atoms with Gasteiger partial charge in [0.1, 0.15) is 4.91 Å². The molecule has 0 aliphatic carbocycles. The number of rotatable bonds is 2. The number of amides is 1. The summed E-state index contributed by atoms with van der Waals surface area (Å²) in [5, 5.41) is 2.08. The van der Waals surface area contributed by atoms with Gasteiger partial charge >= 0.3 is 0 Å². The van der Waals surface area contributed by atoms with Crippen molar-refractivity contribution < 1.29 is 9.53 Å². The lowest BCUT2D eigenvalue weighted by Crippen LogP contribution is -2.28. The molecule has 6 rings (SSSR count). The van der Waals surface area contributed by atoms with E-state index in [1.54, 1.807) is 4.90 Å². The van der Waals surface area contributed by atoms with Gasteiger partial charge in [-0.3, -0.25) is 14.6 Å². The molecule has 0 saturated carbocycles. The summed E-state index contributed by atoms with van der Waals surface area (Å²) in [6, 6.07) is 31.6. The summed E-state index contributed by atoms with van der Waals surface area (Å²) in [6.07, 6.45) is 0. The highest BCUT2D eigenvalue weighted by atomic mass is 32.2. The number of nitrogens with zero attached hydrogens (tertiary/aromatic N) is 2. The summed E-state index contributed by atoms with van der Waals surface area (Å²) in [6.45, 7) is 0. The van der Waals surface area contributed by atoms with E-state index in [0.717, 1.165) is 33.6 Å². The highest BCUT2D eigenvalue weighted by Gasteiger charge is 2.41. The Morgan fingerprint density at radius 3 is 2.06 bits per heavy atom. The smallest absolute Gasteiger partial charge is 0.276 e. The van der Waals surface area contributed by atoms with E-state index in [2.05, 4.69) is 12.1 Å². The van der Waals surface area contributed by atoms with Crippen LogP contribution in [0.5, 0.6) is 5.75 Å². The molecule has 4 aromatic carbocycles. The zero-order valence-corrected chi connectivity index (χ0v) is 18.4. The number of thiocarbonyl (C=S) groups is 1. The van der Waals surface area contributed by atoms with Gasteiger partial charge in [-0.2, -0.15) is 0 Å². The van der Waals surface area contributed by atoms with E-state index in [9.17, 15) is 4.79 Å². The van der Waals surface area contributed by atoms with Gasteiger partial charge in [0.05, 0.1) is 11.4 Å². The highest BCUT2D eigenvalue weighted by molar-refractivity contribution is 8.27. The van der Waals surface area contributed by atoms with Gasteiger partial charge < -0.3 is 4.74 Å². The van der Waals surface area contributed by atoms with Crippen LogP contribution in [0, 0.1) is 0 Å². The number of para-hydroxylation sites is 2. The van der Waals surface area contributed by atoms with Gasteiger partial charge in [0, 0.05) is 11.1 Å². The Kier molecular flexibility index (Phi) is 4.48. The average molecular weight is 453 g/mol. The van der Waals surface area contributed by atoms with Crippen molar-refractivity contribution in [2.24, 2.45) is 0 Å². The van der Waals surface area contributed by atoms with E-state index in [0.29, 0.717) is 15.1 Å². The molecule has 2 heterocycles. The number of carbonyl (C=O) groups excluding carboxylic acids is 1. The van der Waals surface area contributed by atoms with E-state index in [1.165, 1.54) is 11.8 Å². The van der Waals surface area contributed by atoms with Crippen LogP contribution in [0.3, 0.4) is 0 Å². The molecule has 0 atom stereocenters. The third-order valence-corrected chi connectivity index (χ3v) is 6.84. The number of carbonyl (C=O) groups is 1. The first-order chi connectivity index (χ1) is 15.7. The quantitative estimate of drug-likeness (QED) is 0.253. The van der Waals surface area contributed by atoms with Crippen LogP contribution in [0.4, 0.5) is 17.1 Å². The molecular formula is C26H16N2O2S2. The molecule has 32 heavy (non-hydrogen) atoms. The van der Waals surface area contributed by atoms with Gasteiger partial charge in [-0.05, 0) is 47.5 Å². The summed E-state index contributed by atoms with van der Waals surface area (Å²) in [7, 11) is 0. The van der Waals surface area contributed by atoms with Gasteiger partial charge in [-0.15, -0.1) is 0 Å². The van der Waals surface area contributed by atoms with E-state index in [-0.39, 0.29) is 5.91 Å². The van der Waals surface area contributed by atoms with Crippen molar-refractivity contribution in [2.45, 2.75) is 0 Å². The maximum atomic E-state index is 13.5. The maximum absolute atomic E-state index is 13.5. The van der Waals surface area contributed by atoms with Crippen LogP contribution in [-0.4, -0.2) is 10.2 Å². The fourth-order valence-electron chi connectivity index (χ4n) is 4.04. The number of anilines is 3. The normalized spacial score (nSPS) is 17.8. The third-order valence-electron chi connectivity index (χ3n) is 5.49. The van der Waals surface area contributed by atoms with Gasteiger partial charge in [0.15, 0.2) is 10.1 Å². The van der Waals surface area contributed by atoms with Crippen LogP contribution in [0.2, 0.25) is 0 Å². The van der Waals surface area contributed by atoms with Crippen LogP contribution in [0.1, 0.15) is 0 Å². The van der Waals surface area contributed by atoms with E-state index < -0.39 is 0 Å². The molecule has 1 saturated heterocycles. The summed E-state index contributed by atoms with van der Waals surface area (Å²) < 4.78 is 6.94. The highest BCUT2D eigenvalue weighted by Crippen LogP contribution is 2.50. The topological polar surface area (TPSA) is 32.8 Å². The average Bonchev–Trinajstić information content (AvgIpc) is 3.37. The van der Waals surface area contributed by atoms with E-state index >= 15 is 0 Å². The molecule has 0 aromatic heterocycles. The Labute approximate surface area is 194 Å². The van der Waals surface area contributed by atoms with Crippen LogP contribution in [-0.2, 0) is 4.79 Å². The number of thioether (sulfide) groups is 1. The van der Waals surface area contributed by atoms with Gasteiger partial charge in [-0.25, -0.2) is 0 Å². The van der Waals surface area contributed by atoms with Gasteiger partial charge in [0.25, 0.3) is 5.91 Å². The van der Waals surface area contributed by atoms with Crippen LogP contribution >= 0.6 is 24.0 Å². The first-order valence-electron chi connectivity index (χ1n) is 10.1. The SMILES string of the molecule is O=C1/C(=C2/Oc3c(ccc4ccccc34)N2c2ccccc2)SC(=S)N1c1ccccc1. The molecular weight excluding hydrogens is 436 g/mol. The largest absolute Gasteiger partial charge is 0.436 e. The Morgan fingerprint density at radius 2 is 1.34 bits per heavy atom. The molecule has 0 bridgehead atoms. The number of ether oxygens (including phenoxy) is 1. The summed E-state index contributed by atoms with van der Waals surface area (Å²) in [5.41, 5.74) is 2.56. The summed E-state index contributed by atoms with van der Waals surface area (Å²) in [4.78, 5) is 17.6. The summed E-state index contributed by atoms with van der Waals surface area (Å²) in [5.74, 6) is 1.05. The van der Waals surface area contributed by atoms with Crippen molar-refractivity contribution in [3.63, 3.8) is 0 Å². The monoisotopic (exact) mass is 452 g/mol. The molecule has 4 nitrogen and oxygen atoms in total. The van der Waals surface area contributed by atoms with Crippen molar-refractivity contribution in [3.8, 4) is 5.75 Å². The second-order valence-electron chi connectivity index (χ2n) is 7.39. The Hall–Kier alpha value is -3.61. The second-order valence-corrected chi connectivity index (χ2v) is 9.03. The van der Waals surface area contributed by atoms with Crippen molar-refractivity contribution in [1.29, 1.82) is 0 Å². The molecule has 0 radical (unpaired) electrons. The predicted octanol–water partition coefficient (Wildman–Crippen LogP) is 6.60. The molecule has 2 aliphatic rings. The zero-order chi connectivity index (χ0) is 21.7. The molecule has 0 spiro atoms. The lowest BCUT2D eigenvalue weighted by Gasteiger charge is -2.19. The molecule has 6 heteroatoms. The molecule has 1 amide bonds. The van der Waals surface area contributed by atoms with Crippen molar-refractivity contribution >= 4 is 62.0 Å². The standard InChI is InChI=1S/C26H16N2O2S2/c29-24-23(32-26(31)28(24)19-12-5-2-6-13-19)25-27(18-10-3-1-4-11-18)21-16-15-17-9-7-8-14-20(17)22(21)30-25/h1-16H/b25-23-. The van der Waals surface area contributed by atoms with Crippen molar-refractivity contribution in [1.82, 2.24) is 0 Å². The minimum absolute atomic E-state index is 0.181. The van der Waals surface area contributed by atoms with E-state index in [1.807, 2.05) is 89.8 Å². The Balaban J connectivity index is 1.55. The molecule has 2 aliphatic heterocycles. The first kappa shape index (κ1) is 19.1. The lowest BCUT2D eigenvalue weighted by molar-refractivity contribution is -0.113. The van der Waals surface area contributed by atoms with E-state index in [4.69, 9.17) is 17.0 Å². The third kappa shape index (κ3) is 2.92. The van der Waals surface area contributed by atoms with Gasteiger partial charge in [-0.1, -0.05) is 78.9 Å². The maximum Gasteiger partial charge on any atom is 0.276 e. The summed E-state index contributed by atoms with van der Waals surface area (Å²) >= 11 is 6.86. The van der Waals surface area contributed by atoms with Crippen LogP contribution < -0.4 is 14.5 Å². The lowest BCUT2D eigenvalue weighted by atomic mass is 10.1. The zero-order valence-electron chi connectivity index (χ0n) is 16.8. The number of benzene rings is 4. The molecule has 1 fully saturated rings. The second kappa shape index (κ2) is 7.51. The van der Waals surface area contributed by atoms with Crippen molar-refractivity contribution in [3.05, 3.63) is 108 Å². The fraction of sp³-hybridized carbons (Fsp3) is 0. The molecule has 0 unspecified atom stereocenters.